The van der Waals surface area contributed by atoms with Gasteiger partial charge in [0.1, 0.15) is 5.75 Å². The van der Waals surface area contributed by atoms with Gasteiger partial charge in [0.05, 0.1) is 29.2 Å². The molecule has 3 aliphatic carbocycles. The molecule has 10 heteroatoms. The van der Waals surface area contributed by atoms with E-state index in [0.717, 1.165) is 49.4 Å². The van der Waals surface area contributed by atoms with Crippen LogP contribution in [0, 0.1) is 29.1 Å². The number of carboxylic acid groups (broad SMARTS) is 1. The predicted molar refractivity (Wildman–Crippen MR) is 161 cm³/mol. The molecule has 0 aromatic heterocycles. The van der Waals surface area contributed by atoms with Gasteiger partial charge in [0.2, 0.25) is 10.0 Å². The number of carboxylic acids is 1. The first-order valence-corrected chi connectivity index (χ1v) is 16.6. The summed E-state index contributed by atoms with van der Waals surface area (Å²) in [6.45, 7) is 4.08. The van der Waals surface area contributed by atoms with Gasteiger partial charge < -0.3 is 19.8 Å². The number of ether oxygens (including phenoxy) is 1. The highest BCUT2D eigenvalue weighted by molar-refractivity contribution is 7.89. The summed E-state index contributed by atoms with van der Waals surface area (Å²) in [5.41, 5.74) is 0.773. The molecule has 2 saturated carbocycles. The van der Waals surface area contributed by atoms with Crippen LogP contribution in [0.1, 0.15) is 62.2 Å². The molecular formula is C31H41ClN2O6S. The zero-order chi connectivity index (χ0) is 29.4. The van der Waals surface area contributed by atoms with E-state index in [1.165, 1.54) is 0 Å². The van der Waals surface area contributed by atoms with Crippen LogP contribution in [0.15, 0.2) is 53.6 Å². The van der Waals surface area contributed by atoms with Crippen molar-refractivity contribution in [3.63, 3.8) is 0 Å². The van der Waals surface area contributed by atoms with E-state index in [1.807, 2.05) is 18.2 Å². The number of nitrogens with zero attached hydrogens (tertiary/aromatic N) is 1. The minimum absolute atomic E-state index is 0.0877. The number of nitrogens with two attached hydrogens (primary N) is 1. The van der Waals surface area contributed by atoms with Gasteiger partial charge in [-0.2, -0.15) is 0 Å². The molecule has 5 atom stereocenters. The van der Waals surface area contributed by atoms with Crippen molar-refractivity contribution in [1.29, 1.82) is 0 Å². The maximum atomic E-state index is 11.9. The van der Waals surface area contributed by atoms with E-state index in [1.54, 1.807) is 18.2 Å². The van der Waals surface area contributed by atoms with E-state index in [0.29, 0.717) is 31.7 Å². The lowest BCUT2D eigenvalue weighted by atomic mass is 9.70. The third kappa shape index (κ3) is 6.85. The molecule has 8 nitrogen and oxygen atoms in total. The Bertz CT molecular complexity index is 1340. The maximum Gasteiger partial charge on any atom is 0.335 e. The third-order valence-electron chi connectivity index (χ3n) is 9.66. The molecule has 4 aliphatic rings. The molecule has 1 aromatic rings. The van der Waals surface area contributed by atoms with Gasteiger partial charge in [0, 0.05) is 23.5 Å². The number of hydrogen-bond acceptors (Lipinski definition) is 6. The van der Waals surface area contributed by atoms with E-state index >= 15 is 0 Å². The number of allylic oxidation sites excluding steroid dienone is 4. The van der Waals surface area contributed by atoms with Crippen molar-refractivity contribution in [3.05, 3.63) is 59.2 Å². The Morgan fingerprint density at radius 3 is 2.73 bits per heavy atom. The van der Waals surface area contributed by atoms with Crippen LogP contribution < -0.4 is 14.8 Å². The third-order valence-corrected chi connectivity index (χ3v) is 11.2. The van der Waals surface area contributed by atoms with Crippen LogP contribution in [-0.2, 0) is 10.0 Å². The largest absolute Gasteiger partial charge is 0.490 e. The number of benzene rings is 1. The number of aliphatic hydroxyl groups excluding tert-OH is 1. The lowest BCUT2D eigenvalue weighted by Gasteiger charge is -2.43. The van der Waals surface area contributed by atoms with Gasteiger partial charge >= 0.3 is 5.97 Å². The van der Waals surface area contributed by atoms with Crippen LogP contribution in [0.5, 0.6) is 5.75 Å². The maximum absolute atomic E-state index is 11.9. The molecule has 0 spiro atoms. The topological polar surface area (TPSA) is 130 Å². The highest BCUT2D eigenvalue weighted by Crippen LogP contribution is 2.44. The van der Waals surface area contributed by atoms with E-state index in [-0.39, 0.29) is 34.7 Å². The van der Waals surface area contributed by atoms with E-state index in [4.69, 9.17) is 21.5 Å². The van der Waals surface area contributed by atoms with Gasteiger partial charge in [0.15, 0.2) is 0 Å². The lowest BCUT2D eigenvalue weighted by Crippen LogP contribution is -2.43. The molecule has 1 heterocycles. The van der Waals surface area contributed by atoms with Gasteiger partial charge in [0.25, 0.3) is 0 Å². The summed E-state index contributed by atoms with van der Waals surface area (Å²) >= 11 is 6.36. The van der Waals surface area contributed by atoms with E-state index in [9.17, 15) is 23.4 Å². The number of hydrogen-bond donors (Lipinski definition) is 3. The first-order valence-electron chi connectivity index (χ1n) is 14.6. The number of carbonyl (C=O) groups is 1. The minimum atomic E-state index is -3.49. The summed E-state index contributed by atoms with van der Waals surface area (Å²) in [5.74, 6) is 0.390. The molecule has 1 aromatic carbocycles. The average molecular weight is 605 g/mol. The number of aromatic carboxylic acids is 1. The standard InChI is InChI=1S/C31H41ClN2O6S/c1-31-12-11-24(32)17-23(31)4-2-3-13-34(27-16-21(30(36)37)7-10-29(27)40-19-31)18-22-6-8-26(22)28(35)9-5-20-14-25(15-20)41(33,38)39/h5,7,9-12,16-17,20,22-23,25-26,28,35H,2-4,6,8,13-15,18-19H2,1H3,(H,36,37)(H2,33,38,39)/b9-5+/t20-,22-,23?,25+,26+,28-,31?/m0/s1. The highest BCUT2D eigenvalue weighted by Gasteiger charge is 2.39. The fraction of sp³-hybridized carbons (Fsp3) is 0.581. The van der Waals surface area contributed by atoms with Crippen LogP contribution in [0.25, 0.3) is 0 Å². The van der Waals surface area contributed by atoms with Crippen molar-refractivity contribution < 1.29 is 28.2 Å². The SMILES string of the molecule is CC12C=CC(Cl)=CC1CCCCN(C[C@@H]1CC[C@H]1[C@@H](O)/C=C/[C@H]1C[C@@H](S(N)(=O)=O)C1)c1cc(C(=O)O)ccc1OC2. The molecule has 41 heavy (non-hydrogen) atoms. The average Bonchev–Trinajstić information content (AvgIpc) is 2.88. The van der Waals surface area contributed by atoms with Crippen LogP contribution in [-0.4, -0.2) is 55.7 Å². The fourth-order valence-electron chi connectivity index (χ4n) is 6.63. The quantitative estimate of drug-likeness (QED) is 0.370. The number of anilines is 1. The molecule has 2 fully saturated rings. The Balaban J connectivity index is 1.32. The second-order valence-corrected chi connectivity index (χ2v) is 14.8. The molecule has 5 rings (SSSR count). The van der Waals surface area contributed by atoms with Crippen LogP contribution in [0.2, 0.25) is 0 Å². The smallest absolute Gasteiger partial charge is 0.335 e. The Morgan fingerprint density at radius 1 is 1.27 bits per heavy atom. The van der Waals surface area contributed by atoms with Crippen molar-refractivity contribution in [2.24, 2.45) is 34.2 Å². The Hall–Kier alpha value is -2.33. The molecule has 1 aliphatic heterocycles. The summed E-state index contributed by atoms with van der Waals surface area (Å²) < 4.78 is 29.4. The summed E-state index contributed by atoms with van der Waals surface area (Å²) in [6.07, 6.45) is 15.1. The van der Waals surface area contributed by atoms with Crippen molar-refractivity contribution >= 4 is 33.3 Å². The zero-order valence-corrected chi connectivity index (χ0v) is 25.1. The number of aliphatic hydroxyl groups is 1. The highest BCUT2D eigenvalue weighted by atomic mass is 35.5. The second kappa shape index (κ2) is 12.1. The predicted octanol–water partition coefficient (Wildman–Crippen LogP) is 5.08. The molecule has 224 valence electrons. The number of sulfonamides is 1. The summed E-state index contributed by atoms with van der Waals surface area (Å²) in [5, 5.41) is 26.2. The molecule has 0 radical (unpaired) electrons. The Kier molecular flexibility index (Phi) is 8.90. The summed E-state index contributed by atoms with van der Waals surface area (Å²) in [6, 6.07) is 5.07. The molecule has 2 unspecified atom stereocenters. The minimum Gasteiger partial charge on any atom is -0.490 e. The van der Waals surface area contributed by atoms with E-state index in [2.05, 4.69) is 24.0 Å². The van der Waals surface area contributed by atoms with Gasteiger partial charge in [-0.25, -0.2) is 18.4 Å². The van der Waals surface area contributed by atoms with Crippen molar-refractivity contribution in [2.45, 2.75) is 63.2 Å². The number of primary sulfonamides is 1. The first kappa shape index (κ1) is 30.1. The first-order chi connectivity index (χ1) is 19.4. The fourth-order valence-corrected chi connectivity index (χ4v) is 7.88. The van der Waals surface area contributed by atoms with Gasteiger partial charge in [-0.15, -0.1) is 0 Å². The Morgan fingerprint density at radius 2 is 2.05 bits per heavy atom. The van der Waals surface area contributed by atoms with Crippen molar-refractivity contribution in [1.82, 2.24) is 0 Å². The monoisotopic (exact) mass is 604 g/mol. The van der Waals surface area contributed by atoms with Crippen molar-refractivity contribution in [3.8, 4) is 5.75 Å². The number of rotatable bonds is 7. The zero-order valence-electron chi connectivity index (χ0n) is 23.5. The summed E-state index contributed by atoms with van der Waals surface area (Å²) in [4.78, 5) is 14.1. The van der Waals surface area contributed by atoms with E-state index < -0.39 is 27.3 Å². The normalized spacial score (nSPS) is 32.8. The van der Waals surface area contributed by atoms with Crippen molar-refractivity contribution in [2.75, 3.05) is 24.6 Å². The molecule has 0 bridgehead atoms. The molecule has 4 N–H and O–H groups in total. The Labute approximate surface area is 247 Å². The van der Waals surface area contributed by atoms with Gasteiger partial charge in [-0.3, -0.25) is 0 Å². The lowest BCUT2D eigenvalue weighted by molar-refractivity contribution is 0.0458. The second-order valence-electron chi connectivity index (χ2n) is 12.5. The van der Waals surface area contributed by atoms with Crippen LogP contribution in [0.4, 0.5) is 5.69 Å². The molecule has 0 saturated heterocycles. The van der Waals surface area contributed by atoms with Crippen LogP contribution >= 0.6 is 11.6 Å². The molecule has 0 amide bonds. The number of fused-ring (bicyclic) bond motifs is 2. The number of halogens is 1. The molecular weight excluding hydrogens is 564 g/mol. The summed E-state index contributed by atoms with van der Waals surface area (Å²) in [7, 11) is -3.49. The van der Waals surface area contributed by atoms with Gasteiger partial charge in [-0.05, 0) is 86.5 Å². The van der Waals surface area contributed by atoms with Gasteiger partial charge in [-0.1, -0.05) is 49.2 Å². The van der Waals surface area contributed by atoms with Crippen LogP contribution in [0.3, 0.4) is 0 Å².